The molecule has 0 aliphatic carbocycles. The number of hydrogen-bond acceptors (Lipinski definition) is 4. The van der Waals surface area contributed by atoms with E-state index in [4.69, 9.17) is 4.98 Å². The maximum absolute atomic E-state index is 13.0. The lowest BCUT2D eigenvalue weighted by molar-refractivity contribution is -0.131. The molecule has 0 spiro atoms. The Morgan fingerprint density at radius 2 is 2.12 bits per heavy atom. The Labute approximate surface area is 158 Å². The van der Waals surface area contributed by atoms with Gasteiger partial charge in [-0.25, -0.2) is 4.98 Å². The van der Waals surface area contributed by atoms with Gasteiger partial charge < -0.3 is 4.90 Å². The average Bonchev–Trinajstić information content (AvgIpc) is 2.66. The fourth-order valence-electron chi connectivity index (χ4n) is 3.48. The molecule has 6 heteroatoms. The second-order valence-electron chi connectivity index (χ2n) is 7.06. The summed E-state index contributed by atoms with van der Waals surface area (Å²) in [5.41, 5.74) is 0.671. The summed E-state index contributed by atoms with van der Waals surface area (Å²) in [4.78, 5) is 32.3. The van der Waals surface area contributed by atoms with E-state index >= 15 is 0 Å². The van der Waals surface area contributed by atoms with Crippen LogP contribution in [0.25, 0.3) is 10.9 Å². The molecule has 1 aliphatic heterocycles. The second kappa shape index (κ2) is 8.25. The van der Waals surface area contributed by atoms with Crippen molar-refractivity contribution in [3.8, 4) is 0 Å². The van der Waals surface area contributed by atoms with Crippen LogP contribution in [0.15, 0.2) is 34.2 Å². The lowest BCUT2D eigenvalue weighted by atomic mass is 10.0. The topological polar surface area (TPSA) is 55.2 Å². The molecule has 26 heavy (non-hydrogen) atoms. The summed E-state index contributed by atoms with van der Waals surface area (Å²) < 4.78 is 1.75. The van der Waals surface area contributed by atoms with Crippen molar-refractivity contribution in [3.05, 3.63) is 34.6 Å². The Balaban J connectivity index is 1.88. The first-order valence-corrected chi connectivity index (χ1v) is 10.4. The number of rotatable bonds is 5. The Morgan fingerprint density at radius 3 is 2.85 bits per heavy atom. The number of para-hydroxylation sites is 1. The fourth-order valence-corrected chi connectivity index (χ4v) is 4.46. The first kappa shape index (κ1) is 19.0. The summed E-state index contributed by atoms with van der Waals surface area (Å²) in [5, 5.41) is 1.27. The van der Waals surface area contributed by atoms with Gasteiger partial charge in [-0.15, -0.1) is 0 Å². The van der Waals surface area contributed by atoms with Gasteiger partial charge in [0.2, 0.25) is 5.91 Å². The zero-order valence-corrected chi connectivity index (χ0v) is 16.6. The van der Waals surface area contributed by atoms with Crippen LogP contribution < -0.4 is 5.56 Å². The van der Waals surface area contributed by atoms with E-state index in [2.05, 4.69) is 13.8 Å². The van der Waals surface area contributed by atoms with E-state index in [0.717, 1.165) is 25.8 Å². The summed E-state index contributed by atoms with van der Waals surface area (Å²) >= 11 is 1.38. The van der Waals surface area contributed by atoms with Crippen molar-refractivity contribution < 1.29 is 4.79 Å². The minimum atomic E-state index is -0.0220. The molecule has 1 aromatic heterocycles. The van der Waals surface area contributed by atoms with E-state index in [9.17, 15) is 9.59 Å². The highest BCUT2D eigenvalue weighted by Gasteiger charge is 2.24. The van der Waals surface area contributed by atoms with Gasteiger partial charge in [0.05, 0.1) is 16.7 Å². The Morgan fingerprint density at radius 1 is 1.35 bits per heavy atom. The van der Waals surface area contributed by atoms with Gasteiger partial charge >= 0.3 is 0 Å². The van der Waals surface area contributed by atoms with Gasteiger partial charge in [-0.1, -0.05) is 30.8 Å². The second-order valence-corrected chi connectivity index (χ2v) is 8.01. The van der Waals surface area contributed by atoms with Gasteiger partial charge in [-0.05, 0) is 51.7 Å². The highest BCUT2D eigenvalue weighted by Crippen LogP contribution is 2.24. The van der Waals surface area contributed by atoms with Crippen LogP contribution in [0.2, 0.25) is 0 Å². The maximum Gasteiger partial charge on any atom is 0.262 e. The molecular weight excluding hydrogens is 346 g/mol. The van der Waals surface area contributed by atoms with Crippen molar-refractivity contribution in [1.82, 2.24) is 14.5 Å². The zero-order valence-electron chi connectivity index (χ0n) is 15.8. The molecule has 0 saturated carbocycles. The summed E-state index contributed by atoms with van der Waals surface area (Å²) in [6, 6.07) is 7.77. The number of likely N-dealkylation sites (tertiary alicyclic amines) is 1. The fraction of sp³-hybridized carbons (Fsp3) is 0.550. The Bertz CT molecular complexity index is 849. The van der Waals surface area contributed by atoms with E-state index in [0.29, 0.717) is 27.9 Å². The summed E-state index contributed by atoms with van der Waals surface area (Å²) in [7, 11) is 0. The number of benzene rings is 1. The first-order valence-electron chi connectivity index (χ1n) is 9.46. The number of carbonyl (C=O) groups excluding carboxylic acids is 1. The molecule has 2 aromatic rings. The van der Waals surface area contributed by atoms with Gasteiger partial charge in [0.1, 0.15) is 0 Å². The van der Waals surface area contributed by atoms with E-state index < -0.39 is 0 Å². The van der Waals surface area contributed by atoms with Gasteiger partial charge in [0, 0.05) is 18.6 Å². The summed E-state index contributed by atoms with van der Waals surface area (Å²) in [5.74, 6) is 0.464. The van der Waals surface area contributed by atoms with Crippen LogP contribution in [0.3, 0.4) is 0 Å². The van der Waals surface area contributed by atoms with Crippen LogP contribution in [-0.4, -0.2) is 38.7 Å². The molecule has 0 N–H and O–H groups in total. The van der Waals surface area contributed by atoms with E-state index in [1.54, 1.807) is 4.57 Å². The molecule has 1 amide bonds. The highest BCUT2D eigenvalue weighted by molar-refractivity contribution is 7.99. The number of fused-ring (bicyclic) bond motifs is 1. The van der Waals surface area contributed by atoms with E-state index in [-0.39, 0.29) is 17.5 Å². The molecule has 0 radical (unpaired) electrons. The maximum atomic E-state index is 13.0. The van der Waals surface area contributed by atoms with E-state index in [1.165, 1.54) is 18.2 Å². The van der Waals surface area contributed by atoms with Crippen LogP contribution in [0.5, 0.6) is 0 Å². The molecule has 1 fully saturated rings. The predicted octanol–water partition coefficient (Wildman–Crippen LogP) is 3.86. The molecule has 0 bridgehead atoms. The van der Waals surface area contributed by atoms with Crippen LogP contribution in [0, 0.1) is 0 Å². The predicted molar refractivity (Wildman–Crippen MR) is 107 cm³/mol. The molecule has 2 atom stereocenters. The molecule has 5 nitrogen and oxygen atoms in total. The minimum Gasteiger partial charge on any atom is -0.339 e. The number of thioether (sulfide) groups is 1. The SMILES string of the molecule is CC[C@H](C)n1c(SCC(=O)N2CCCC[C@H]2C)nc2ccccc2c1=O. The quantitative estimate of drug-likeness (QED) is 0.590. The number of aromatic nitrogens is 2. The number of nitrogens with zero attached hydrogens (tertiary/aromatic N) is 3. The Kier molecular flexibility index (Phi) is 6.01. The number of hydrogen-bond donors (Lipinski definition) is 0. The molecule has 1 aliphatic rings. The van der Waals surface area contributed by atoms with Crippen LogP contribution in [0.1, 0.15) is 52.5 Å². The molecule has 140 valence electrons. The molecule has 1 aromatic carbocycles. The third kappa shape index (κ3) is 3.80. The zero-order chi connectivity index (χ0) is 18.7. The average molecular weight is 374 g/mol. The lowest BCUT2D eigenvalue weighted by Gasteiger charge is -2.33. The Hall–Kier alpha value is -1.82. The summed E-state index contributed by atoms with van der Waals surface area (Å²) in [6.07, 6.45) is 4.18. The number of amides is 1. The molecule has 2 heterocycles. The van der Waals surface area contributed by atoms with Crippen molar-refractivity contribution in [3.63, 3.8) is 0 Å². The van der Waals surface area contributed by atoms with Gasteiger partial charge in [0.25, 0.3) is 5.56 Å². The lowest BCUT2D eigenvalue weighted by Crippen LogP contribution is -2.43. The van der Waals surface area contributed by atoms with Gasteiger partial charge in [0.15, 0.2) is 5.16 Å². The number of piperidine rings is 1. The minimum absolute atomic E-state index is 0.0220. The number of carbonyl (C=O) groups is 1. The third-order valence-electron chi connectivity index (χ3n) is 5.26. The molecular formula is C20H27N3O2S. The smallest absolute Gasteiger partial charge is 0.262 e. The van der Waals surface area contributed by atoms with Crippen molar-refractivity contribution in [2.24, 2.45) is 0 Å². The standard InChI is InChI=1S/C20H27N3O2S/c1-4-14(2)23-19(25)16-10-5-6-11-17(16)21-20(23)26-13-18(24)22-12-8-7-9-15(22)3/h5-6,10-11,14-15H,4,7-9,12-13H2,1-3H3/t14-,15+/m0/s1. The van der Waals surface area contributed by atoms with E-state index in [1.807, 2.05) is 36.1 Å². The summed E-state index contributed by atoms with van der Waals surface area (Å²) in [6.45, 7) is 7.03. The molecule has 0 unspecified atom stereocenters. The van der Waals surface area contributed by atoms with Crippen molar-refractivity contribution in [2.45, 2.75) is 63.7 Å². The highest BCUT2D eigenvalue weighted by atomic mass is 32.2. The van der Waals surface area contributed by atoms with Crippen molar-refractivity contribution in [1.29, 1.82) is 0 Å². The van der Waals surface area contributed by atoms with Gasteiger partial charge in [-0.2, -0.15) is 0 Å². The van der Waals surface area contributed by atoms with Crippen LogP contribution in [-0.2, 0) is 4.79 Å². The largest absolute Gasteiger partial charge is 0.339 e. The van der Waals surface area contributed by atoms with Gasteiger partial charge in [-0.3, -0.25) is 14.2 Å². The molecule has 3 rings (SSSR count). The van der Waals surface area contributed by atoms with Crippen molar-refractivity contribution >= 4 is 28.6 Å². The molecule has 1 saturated heterocycles. The van der Waals surface area contributed by atoms with Crippen LogP contribution >= 0.6 is 11.8 Å². The van der Waals surface area contributed by atoms with Crippen LogP contribution in [0.4, 0.5) is 0 Å². The monoisotopic (exact) mass is 373 g/mol. The first-order chi connectivity index (χ1) is 12.5. The van der Waals surface area contributed by atoms with Crippen molar-refractivity contribution in [2.75, 3.05) is 12.3 Å². The third-order valence-corrected chi connectivity index (χ3v) is 6.19. The normalized spacial score (nSPS) is 18.9.